The van der Waals surface area contributed by atoms with Crippen LogP contribution in [-0.4, -0.2) is 9.97 Å². The molecule has 112 valence electrons. The van der Waals surface area contributed by atoms with Gasteiger partial charge in [-0.2, -0.15) is 4.98 Å². The maximum atomic E-state index is 5.93. The molecule has 1 aromatic carbocycles. The summed E-state index contributed by atoms with van der Waals surface area (Å²) >= 11 is 0. The van der Waals surface area contributed by atoms with Crippen LogP contribution in [0.4, 0.5) is 5.82 Å². The fourth-order valence-electron chi connectivity index (χ4n) is 1.90. The highest BCUT2D eigenvalue weighted by Crippen LogP contribution is 2.29. The van der Waals surface area contributed by atoms with E-state index in [1.54, 1.807) is 0 Å². The standard InChI is InChI=1S/C16H22N4O/c1-9(2)14-18-15(20-17)12(5)16(19-14)21-13-7-6-10(3)11(4)8-13/h6-9H,17H2,1-5H3,(H,18,19,20). The molecule has 3 N–H and O–H groups in total. The van der Waals surface area contributed by atoms with Crippen molar-refractivity contribution in [2.45, 2.75) is 40.5 Å². The van der Waals surface area contributed by atoms with Gasteiger partial charge in [-0.1, -0.05) is 19.9 Å². The molecule has 0 aliphatic carbocycles. The van der Waals surface area contributed by atoms with Gasteiger partial charge in [-0.3, -0.25) is 0 Å². The zero-order valence-corrected chi connectivity index (χ0v) is 13.2. The smallest absolute Gasteiger partial charge is 0.227 e. The Bertz CT molecular complexity index is 653. The number of ether oxygens (including phenoxy) is 1. The van der Waals surface area contributed by atoms with E-state index in [0.717, 1.165) is 11.3 Å². The Labute approximate surface area is 125 Å². The minimum atomic E-state index is 0.194. The summed E-state index contributed by atoms with van der Waals surface area (Å²) in [6.45, 7) is 10.1. The van der Waals surface area contributed by atoms with Gasteiger partial charge in [-0.05, 0) is 44.0 Å². The number of nitrogens with two attached hydrogens (primary N) is 1. The van der Waals surface area contributed by atoms with E-state index in [9.17, 15) is 0 Å². The van der Waals surface area contributed by atoms with Gasteiger partial charge in [0.05, 0.1) is 5.56 Å². The largest absolute Gasteiger partial charge is 0.439 e. The van der Waals surface area contributed by atoms with Crippen molar-refractivity contribution in [1.29, 1.82) is 0 Å². The van der Waals surface area contributed by atoms with Crippen LogP contribution in [0.1, 0.15) is 42.3 Å². The quantitative estimate of drug-likeness (QED) is 0.663. The van der Waals surface area contributed by atoms with Crippen LogP contribution in [0.3, 0.4) is 0 Å². The van der Waals surface area contributed by atoms with Gasteiger partial charge >= 0.3 is 0 Å². The van der Waals surface area contributed by atoms with E-state index < -0.39 is 0 Å². The molecule has 5 heteroatoms. The predicted octanol–water partition coefficient (Wildman–Crippen LogP) is 3.60. The number of nitrogens with one attached hydrogen (secondary N) is 1. The molecule has 0 radical (unpaired) electrons. The van der Waals surface area contributed by atoms with Crippen LogP contribution in [0.5, 0.6) is 11.6 Å². The highest BCUT2D eigenvalue weighted by molar-refractivity contribution is 5.49. The Kier molecular flexibility index (Phi) is 4.43. The summed E-state index contributed by atoms with van der Waals surface area (Å²) in [5.41, 5.74) is 5.81. The average Bonchev–Trinajstić information content (AvgIpc) is 2.44. The first-order chi connectivity index (χ1) is 9.92. The summed E-state index contributed by atoms with van der Waals surface area (Å²) in [5.74, 6) is 8.31. The van der Waals surface area contributed by atoms with Gasteiger partial charge in [0.1, 0.15) is 11.6 Å². The number of aryl methyl sites for hydroxylation is 2. The molecule has 0 unspecified atom stereocenters. The molecular formula is C16H22N4O. The molecule has 5 nitrogen and oxygen atoms in total. The summed E-state index contributed by atoms with van der Waals surface area (Å²) < 4.78 is 5.93. The van der Waals surface area contributed by atoms with Crippen molar-refractivity contribution >= 4 is 5.82 Å². The van der Waals surface area contributed by atoms with E-state index in [4.69, 9.17) is 10.6 Å². The van der Waals surface area contributed by atoms with E-state index in [0.29, 0.717) is 17.5 Å². The number of anilines is 1. The normalized spacial score (nSPS) is 10.8. The van der Waals surface area contributed by atoms with Crippen LogP contribution in [0.25, 0.3) is 0 Å². The first-order valence-corrected chi connectivity index (χ1v) is 7.02. The van der Waals surface area contributed by atoms with Crippen LogP contribution >= 0.6 is 0 Å². The second kappa shape index (κ2) is 6.10. The van der Waals surface area contributed by atoms with Crippen LogP contribution < -0.4 is 16.0 Å². The van der Waals surface area contributed by atoms with E-state index in [1.165, 1.54) is 11.1 Å². The summed E-state index contributed by atoms with van der Waals surface area (Å²) in [6.07, 6.45) is 0. The Morgan fingerprint density at radius 3 is 2.38 bits per heavy atom. The highest BCUT2D eigenvalue weighted by atomic mass is 16.5. The van der Waals surface area contributed by atoms with Crippen molar-refractivity contribution in [1.82, 2.24) is 9.97 Å². The fourth-order valence-corrected chi connectivity index (χ4v) is 1.90. The van der Waals surface area contributed by atoms with Gasteiger partial charge in [0.15, 0.2) is 5.82 Å². The predicted molar refractivity (Wildman–Crippen MR) is 84.7 cm³/mol. The molecule has 21 heavy (non-hydrogen) atoms. The third-order valence-corrected chi connectivity index (χ3v) is 3.46. The second-order valence-electron chi connectivity index (χ2n) is 5.51. The average molecular weight is 286 g/mol. The molecule has 0 saturated carbocycles. The minimum Gasteiger partial charge on any atom is -0.439 e. The van der Waals surface area contributed by atoms with E-state index in [-0.39, 0.29) is 5.92 Å². The Balaban J connectivity index is 2.42. The number of hydrazine groups is 1. The van der Waals surface area contributed by atoms with E-state index >= 15 is 0 Å². The van der Waals surface area contributed by atoms with E-state index in [1.807, 2.05) is 39.0 Å². The van der Waals surface area contributed by atoms with Crippen molar-refractivity contribution in [2.24, 2.45) is 5.84 Å². The van der Waals surface area contributed by atoms with Gasteiger partial charge < -0.3 is 10.2 Å². The van der Waals surface area contributed by atoms with Crippen molar-refractivity contribution < 1.29 is 4.74 Å². The Morgan fingerprint density at radius 1 is 1.10 bits per heavy atom. The zero-order valence-electron chi connectivity index (χ0n) is 13.2. The zero-order chi connectivity index (χ0) is 15.6. The minimum absolute atomic E-state index is 0.194. The number of nitrogen functional groups attached to an aromatic ring is 1. The number of nitrogens with zero attached hydrogens (tertiary/aromatic N) is 2. The van der Waals surface area contributed by atoms with Crippen LogP contribution in [0.2, 0.25) is 0 Å². The maximum Gasteiger partial charge on any atom is 0.227 e. The topological polar surface area (TPSA) is 73.1 Å². The van der Waals surface area contributed by atoms with Gasteiger partial charge in [-0.25, -0.2) is 10.8 Å². The number of benzene rings is 1. The molecule has 0 amide bonds. The van der Waals surface area contributed by atoms with Gasteiger partial charge in [0.25, 0.3) is 0 Å². The molecule has 0 aliphatic heterocycles. The Morgan fingerprint density at radius 2 is 1.81 bits per heavy atom. The first-order valence-electron chi connectivity index (χ1n) is 7.02. The SMILES string of the molecule is Cc1ccc(Oc2nc(C(C)C)nc(NN)c2C)cc1C. The summed E-state index contributed by atoms with van der Waals surface area (Å²) in [5, 5.41) is 0. The summed E-state index contributed by atoms with van der Waals surface area (Å²) in [4.78, 5) is 8.90. The van der Waals surface area contributed by atoms with Crippen molar-refractivity contribution in [3.8, 4) is 11.6 Å². The molecule has 0 bridgehead atoms. The van der Waals surface area contributed by atoms with E-state index in [2.05, 4.69) is 29.2 Å². The monoisotopic (exact) mass is 286 g/mol. The Hall–Kier alpha value is -2.14. The number of hydrogen-bond donors (Lipinski definition) is 2. The molecule has 2 aromatic rings. The molecule has 2 rings (SSSR count). The van der Waals surface area contributed by atoms with Crippen LogP contribution in [0, 0.1) is 20.8 Å². The summed E-state index contributed by atoms with van der Waals surface area (Å²) in [7, 11) is 0. The van der Waals surface area contributed by atoms with Crippen molar-refractivity contribution in [3.63, 3.8) is 0 Å². The molecule has 0 atom stereocenters. The lowest BCUT2D eigenvalue weighted by Crippen LogP contribution is -2.13. The molecule has 0 saturated heterocycles. The molecule has 1 aromatic heterocycles. The fraction of sp³-hybridized carbons (Fsp3) is 0.375. The van der Waals surface area contributed by atoms with Gasteiger partial charge in [0, 0.05) is 5.92 Å². The van der Waals surface area contributed by atoms with Crippen molar-refractivity contribution in [3.05, 3.63) is 40.7 Å². The number of rotatable bonds is 4. The molecular weight excluding hydrogens is 264 g/mol. The highest BCUT2D eigenvalue weighted by Gasteiger charge is 2.14. The van der Waals surface area contributed by atoms with Crippen LogP contribution in [0.15, 0.2) is 18.2 Å². The molecule has 0 fully saturated rings. The number of hydrogen-bond acceptors (Lipinski definition) is 5. The molecule has 0 aliphatic rings. The third-order valence-electron chi connectivity index (χ3n) is 3.46. The van der Waals surface area contributed by atoms with Crippen molar-refractivity contribution in [2.75, 3.05) is 5.43 Å². The molecule has 0 spiro atoms. The summed E-state index contributed by atoms with van der Waals surface area (Å²) in [6, 6.07) is 5.97. The van der Waals surface area contributed by atoms with Gasteiger partial charge in [0.2, 0.25) is 5.88 Å². The first kappa shape index (κ1) is 15.3. The lowest BCUT2D eigenvalue weighted by atomic mass is 10.1. The maximum absolute atomic E-state index is 5.93. The lowest BCUT2D eigenvalue weighted by Gasteiger charge is -2.14. The lowest BCUT2D eigenvalue weighted by molar-refractivity contribution is 0.452. The molecule has 1 heterocycles. The van der Waals surface area contributed by atoms with Crippen LogP contribution in [-0.2, 0) is 0 Å². The number of aromatic nitrogens is 2. The van der Waals surface area contributed by atoms with Gasteiger partial charge in [-0.15, -0.1) is 0 Å². The second-order valence-corrected chi connectivity index (χ2v) is 5.51. The third kappa shape index (κ3) is 3.31.